The number of hydrogen-bond acceptors (Lipinski definition) is 3. The molecular formula is C9H16N2O3. The summed E-state index contributed by atoms with van der Waals surface area (Å²) in [6.07, 6.45) is 3.00. The first-order valence-corrected chi connectivity index (χ1v) is 4.93. The van der Waals surface area contributed by atoms with Crippen LogP contribution in [-0.2, 0) is 9.59 Å². The van der Waals surface area contributed by atoms with Crippen molar-refractivity contribution in [2.45, 2.75) is 31.7 Å². The van der Waals surface area contributed by atoms with Crippen LogP contribution in [-0.4, -0.2) is 36.1 Å². The summed E-state index contributed by atoms with van der Waals surface area (Å²) in [5, 5.41) is 14.1. The lowest BCUT2D eigenvalue weighted by molar-refractivity contribution is -0.137. The van der Waals surface area contributed by atoms with E-state index in [1.807, 2.05) is 0 Å². The van der Waals surface area contributed by atoms with Crippen molar-refractivity contribution < 1.29 is 14.7 Å². The summed E-state index contributed by atoms with van der Waals surface area (Å²) in [5.41, 5.74) is 0. The molecule has 0 saturated carbocycles. The molecule has 0 unspecified atom stereocenters. The highest BCUT2D eigenvalue weighted by Crippen LogP contribution is 2.06. The van der Waals surface area contributed by atoms with Gasteiger partial charge in [-0.05, 0) is 19.4 Å². The Morgan fingerprint density at radius 3 is 2.79 bits per heavy atom. The van der Waals surface area contributed by atoms with Gasteiger partial charge in [0, 0.05) is 6.54 Å². The van der Waals surface area contributed by atoms with E-state index < -0.39 is 5.97 Å². The highest BCUT2D eigenvalue weighted by atomic mass is 16.4. The van der Waals surface area contributed by atoms with Crippen LogP contribution in [0.3, 0.4) is 0 Å². The third kappa shape index (κ3) is 3.74. The Morgan fingerprint density at radius 2 is 2.21 bits per heavy atom. The maximum Gasteiger partial charge on any atom is 0.305 e. The monoisotopic (exact) mass is 200 g/mol. The van der Waals surface area contributed by atoms with E-state index in [4.69, 9.17) is 5.11 Å². The number of nitrogens with one attached hydrogen (secondary N) is 2. The molecule has 1 saturated heterocycles. The third-order valence-corrected chi connectivity index (χ3v) is 2.26. The molecule has 0 aromatic carbocycles. The van der Waals surface area contributed by atoms with Crippen LogP contribution < -0.4 is 10.6 Å². The molecule has 0 bridgehead atoms. The van der Waals surface area contributed by atoms with Gasteiger partial charge in [-0.15, -0.1) is 0 Å². The van der Waals surface area contributed by atoms with Gasteiger partial charge in [-0.1, -0.05) is 6.42 Å². The summed E-state index contributed by atoms with van der Waals surface area (Å²) in [5.74, 6) is -0.965. The van der Waals surface area contributed by atoms with Crippen LogP contribution in [0.15, 0.2) is 0 Å². The number of aliphatic carboxylic acids is 1. The highest BCUT2D eigenvalue weighted by molar-refractivity contribution is 5.82. The maximum absolute atomic E-state index is 11.4. The van der Waals surface area contributed by atoms with Crippen molar-refractivity contribution in [3.63, 3.8) is 0 Å². The maximum atomic E-state index is 11.4. The van der Waals surface area contributed by atoms with E-state index in [1.165, 1.54) is 0 Å². The molecule has 1 amide bonds. The van der Waals surface area contributed by atoms with E-state index in [-0.39, 0.29) is 24.9 Å². The Hall–Kier alpha value is -1.10. The lowest BCUT2D eigenvalue weighted by Crippen LogP contribution is -2.46. The summed E-state index contributed by atoms with van der Waals surface area (Å²) >= 11 is 0. The SMILES string of the molecule is O=C(O)CCNC(=O)[C@H]1CCCCN1. The normalized spacial score (nSPS) is 21.6. The second-order valence-corrected chi connectivity index (χ2v) is 3.44. The molecule has 1 aliphatic rings. The van der Waals surface area contributed by atoms with Crippen molar-refractivity contribution in [2.24, 2.45) is 0 Å². The van der Waals surface area contributed by atoms with Crippen molar-refractivity contribution >= 4 is 11.9 Å². The number of rotatable bonds is 4. The summed E-state index contributed by atoms with van der Waals surface area (Å²) in [6.45, 7) is 1.09. The zero-order chi connectivity index (χ0) is 10.4. The van der Waals surface area contributed by atoms with Gasteiger partial charge in [-0.25, -0.2) is 0 Å². The van der Waals surface area contributed by atoms with E-state index in [9.17, 15) is 9.59 Å². The fourth-order valence-electron chi connectivity index (χ4n) is 1.49. The lowest BCUT2D eigenvalue weighted by atomic mass is 10.0. The van der Waals surface area contributed by atoms with E-state index in [0.717, 1.165) is 25.8 Å². The van der Waals surface area contributed by atoms with Crippen LogP contribution in [0.1, 0.15) is 25.7 Å². The van der Waals surface area contributed by atoms with Gasteiger partial charge >= 0.3 is 5.97 Å². The Morgan fingerprint density at radius 1 is 1.43 bits per heavy atom. The summed E-state index contributed by atoms with van der Waals surface area (Å²) in [6, 6.07) is -0.127. The number of hydrogen-bond donors (Lipinski definition) is 3. The number of carboxylic acids is 1. The zero-order valence-corrected chi connectivity index (χ0v) is 8.08. The molecule has 14 heavy (non-hydrogen) atoms. The molecule has 80 valence electrons. The molecule has 1 rings (SSSR count). The molecule has 1 atom stereocenters. The molecule has 0 spiro atoms. The highest BCUT2D eigenvalue weighted by Gasteiger charge is 2.19. The van der Waals surface area contributed by atoms with E-state index in [1.54, 1.807) is 0 Å². The molecule has 0 radical (unpaired) electrons. The Kier molecular flexibility index (Phi) is 4.39. The second-order valence-electron chi connectivity index (χ2n) is 3.44. The van der Waals surface area contributed by atoms with Gasteiger partial charge in [0.15, 0.2) is 0 Å². The minimum absolute atomic E-state index is 0.0154. The smallest absolute Gasteiger partial charge is 0.305 e. The van der Waals surface area contributed by atoms with Crippen molar-refractivity contribution in [1.82, 2.24) is 10.6 Å². The van der Waals surface area contributed by atoms with Crippen molar-refractivity contribution in [3.05, 3.63) is 0 Å². The Bertz CT molecular complexity index is 212. The number of amides is 1. The fraction of sp³-hybridized carbons (Fsp3) is 0.778. The van der Waals surface area contributed by atoms with Crippen LogP contribution in [0.25, 0.3) is 0 Å². The summed E-state index contributed by atoms with van der Waals surface area (Å²) in [7, 11) is 0. The van der Waals surface area contributed by atoms with Crippen molar-refractivity contribution in [1.29, 1.82) is 0 Å². The van der Waals surface area contributed by atoms with Crippen molar-refractivity contribution in [2.75, 3.05) is 13.1 Å². The molecular weight excluding hydrogens is 184 g/mol. The van der Waals surface area contributed by atoms with Gasteiger partial charge in [-0.3, -0.25) is 9.59 Å². The quantitative estimate of drug-likeness (QED) is 0.583. The van der Waals surface area contributed by atoms with Crippen LogP contribution in [0.5, 0.6) is 0 Å². The number of carbonyl (C=O) groups excluding carboxylic acids is 1. The average molecular weight is 200 g/mol. The van der Waals surface area contributed by atoms with E-state index in [2.05, 4.69) is 10.6 Å². The van der Waals surface area contributed by atoms with E-state index in [0.29, 0.717) is 0 Å². The average Bonchev–Trinajstić information content (AvgIpc) is 2.18. The third-order valence-electron chi connectivity index (χ3n) is 2.26. The first-order valence-electron chi connectivity index (χ1n) is 4.93. The predicted molar refractivity (Wildman–Crippen MR) is 50.9 cm³/mol. The molecule has 1 heterocycles. The van der Waals surface area contributed by atoms with Crippen LogP contribution >= 0.6 is 0 Å². The number of carboxylic acid groups (broad SMARTS) is 1. The fourth-order valence-corrected chi connectivity index (χ4v) is 1.49. The van der Waals surface area contributed by atoms with Gasteiger partial charge in [0.05, 0.1) is 12.5 Å². The van der Waals surface area contributed by atoms with Gasteiger partial charge < -0.3 is 15.7 Å². The number of carbonyl (C=O) groups is 2. The molecule has 5 heteroatoms. The molecule has 3 N–H and O–H groups in total. The summed E-state index contributed by atoms with van der Waals surface area (Å²) in [4.78, 5) is 21.6. The first kappa shape index (κ1) is 11.0. The molecule has 1 fully saturated rings. The predicted octanol–water partition coefficient (Wildman–Crippen LogP) is -0.281. The molecule has 0 aliphatic carbocycles. The largest absolute Gasteiger partial charge is 0.481 e. The summed E-state index contributed by atoms with van der Waals surface area (Å²) < 4.78 is 0. The zero-order valence-electron chi connectivity index (χ0n) is 8.08. The van der Waals surface area contributed by atoms with Gasteiger partial charge in [0.25, 0.3) is 0 Å². The minimum atomic E-state index is -0.887. The standard InChI is InChI=1S/C9H16N2O3/c12-8(13)4-6-11-9(14)7-3-1-2-5-10-7/h7,10H,1-6H2,(H,11,14)(H,12,13)/t7-/m1/s1. The van der Waals surface area contributed by atoms with Gasteiger partial charge in [0.1, 0.15) is 0 Å². The Labute approximate surface area is 82.9 Å². The van der Waals surface area contributed by atoms with E-state index >= 15 is 0 Å². The van der Waals surface area contributed by atoms with Crippen molar-refractivity contribution in [3.8, 4) is 0 Å². The van der Waals surface area contributed by atoms with Crippen LogP contribution in [0.2, 0.25) is 0 Å². The minimum Gasteiger partial charge on any atom is -0.481 e. The number of piperidine rings is 1. The Balaban J connectivity index is 2.16. The van der Waals surface area contributed by atoms with Gasteiger partial charge in [0.2, 0.25) is 5.91 Å². The molecule has 0 aromatic rings. The first-order chi connectivity index (χ1) is 6.70. The lowest BCUT2D eigenvalue weighted by Gasteiger charge is -2.22. The van der Waals surface area contributed by atoms with Crippen LogP contribution in [0.4, 0.5) is 0 Å². The molecule has 5 nitrogen and oxygen atoms in total. The van der Waals surface area contributed by atoms with Gasteiger partial charge in [-0.2, -0.15) is 0 Å². The second kappa shape index (κ2) is 5.59. The molecule has 0 aromatic heterocycles. The topological polar surface area (TPSA) is 78.4 Å². The molecule has 1 aliphatic heterocycles. The van der Waals surface area contributed by atoms with Crippen LogP contribution in [0, 0.1) is 0 Å².